The maximum atomic E-state index is 13.7. The molecule has 0 saturated heterocycles. The molecule has 7 heteroatoms. The van der Waals surface area contributed by atoms with Gasteiger partial charge in [-0.2, -0.15) is 0 Å². The highest BCUT2D eigenvalue weighted by Gasteiger charge is 2.18. The van der Waals surface area contributed by atoms with Crippen molar-refractivity contribution in [2.75, 3.05) is 18.4 Å². The topological polar surface area (TPSA) is 3.24 Å². The molecule has 1 aromatic carbocycles. The van der Waals surface area contributed by atoms with Crippen LogP contribution in [-0.2, 0) is 6.54 Å². The summed E-state index contributed by atoms with van der Waals surface area (Å²) in [6.45, 7) is -0.417. The van der Waals surface area contributed by atoms with Crippen LogP contribution in [0.3, 0.4) is 0 Å². The molecule has 102 valence electrons. The maximum Gasteiger partial charge on any atom is 0.251 e. The van der Waals surface area contributed by atoms with Gasteiger partial charge in [0.2, 0.25) is 0 Å². The van der Waals surface area contributed by atoms with Crippen LogP contribution in [0.2, 0.25) is 0 Å². The molecule has 0 heterocycles. The highest BCUT2D eigenvalue weighted by atomic mass is 79.9. The van der Waals surface area contributed by atoms with Gasteiger partial charge in [-0.3, -0.25) is 4.90 Å². The van der Waals surface area contributed by atoms with Crippen LogP contribution in [0.5, 0.6) is 0 Å². The number of hydrogen-bond acceptors (Lipinski definition) is 1. The van der Waals surface area contributed by atoms with E-state index in [1.54, 1.807) is 0 Å². The number of nitrogens with zero attached hydrogens (tertiary/aromatic N) is 1. The van der Waals surface area contributed by atoms with E-state index in [1.165, 1.54) is 11.0 Å². The summed E-state index contributed by atoms with van der Waals surface area (Å²) in [6, 6.07) is 2.35. The lowest BCUT2D eigenvalue weighted by Gasteiger charge is -2.21. The molecule has 18 heavy (non-hydrogen) atoms. The Morgan fingerprint density at radius 2 is 1.89 bits per heavy atom. The molecule has 1 aromatic rings. The SMILES string of the molecule is Fc1ccc(Br)c(F)c1CN(CCBr)CC(F)F. The van der Waals surface area contributed by atoms with Gasteiger partial charge in [0, 0.05) is 24.0 Å². The first kappa shape index (κ1) is 15.9. The van der Waals surface area contributed by atoms with E-state index in [0.717, 1.165) is 6.07 Å². The van der Waals surface area contributed by atoms with Gasteiger partial charge in [0.25, 0.3) is 6.43 Å². The van der Waals surface area contributed by atoms with Crippen LogP contribution >= 0.6 is 31.9 Å². The summed E-state index contributed by atoms with van der Waals surface area (Å²) in [4.78, 5) is 1.30. The molecule has 1 nitrogen and oxygen atoms in total. The Balaban J connectivity index is 2.89. The van der Waals surface area contributed by atoms with Crippen molar-refractivity contribution < 1.29 is 17.6 Å². The summed E-state index contributed by atoms with van der Waals surface area (Å²) in [5.41, 5.74) is -0.203. The van der Waals surface area contributed by atoms with Gasteiger partial charge in [-0.1, -0.05) is 15.9 Å². The fraction of sp³-hybridized carbons (Fsp3) is 0.455. The zero-order valence-electron chi connectivity index (χ0n) is 9.28. The highest BCUT2D eigenvalue weighted by molar-refractivity contribution is 9.10. The Morgan fingerprint density at radius 1 is 1.22 bits per heavy atom. The zero-order chi connectivity index (χ0) is 13.7. The van der Waals surface area contributed by atoms with E-state index in [4.69, 9.17) is 0 Å². The molecule has 0 aliphatic heterocycles. The highest BCUT2D eigenvalue weighted by Crippen LogP contribution is 2.23. The number of rotatable bonds is 6. The number of halogens is 6. The van der Waals surface area contributed by atoms with Gasteiger partial charge in [-0.25, -0.2) is 17.6 Å². The molecule has 0 fully saturated rings. The quantitative estimate of drug-likeness (QED) is 0.398. The predicted octanol–water partition coefficient (Wildman–Crippen LogP) is 4.19. The van der Waals surface area contributed by atoms with Crippen molar-refractivity contribution in [2.24, 2.45) is 0 Å². The van der Waals surface area contributed by atoms with Crippen molar-refractivity contribution >= 4 is 31.9 Å². The molecular weight excluding hydrogens is 382 g/mol. The minimum absolute atomic E-state index is 0.120. The predicted molar refractivity (Wildman–Crippen MR) is 69.1 cm³/mol. The first-order valence-corrected chi connectivity index (χ1v) is 7.06. The van der Waals surface area contributed by atoms with E-state index in [9.17, 15) is 17.6 Å². The summed E-state index contributed by atoms with van der Waals surface area (Å²) in [5, 5.41) is 0.455. The van der Waals surface area contributed by atoms with Crippen LogP contribution in [-0.4, -0.2) is 29.7 Å². The van der Waals surface area contributed by atoms with Crippen molar-refractivity contribution in [3.05, 3.63) is 33.8 Å². The maximum absolute atomic E-state index is 13.7. The van der Waals surface area contributed by atoms with Crippen LogP contribution in [0, 0.1) is 11.6 Å². The van der Waals surface area contributed by atoms with Crippen LogP contribution in [0.25, 0.3) is 0 Å². The number of hydrogen-bond donors (Lipinski definition) is 0. The Labute approximate surface area is 119 Å². The van der Waals surface area contributed by atoms with E-state index < -0.39 is 24.6 Å². The molecule has 0 aliphatic rings. The van der Waals surface area contributed by atoms with Gasteiger partial charge in [0.15, 0.2) is 0 Å². The molecule has 0 amide bonds. The van der Waals surface area contributed by atoms with Crippen molar-refractivity contribution in [3.63, 3.8) is 0 Å². The smallest absolute Gasteiger partial charge is 0.251 e. The third kappa shape index (κ3) is 4.51. The third-order valence-corrected chi connectivity index (χ3v) is 3.28. The molecule has 0 aliphatic carbocycles. The molecule has 0 bridgehead atoms. The van der Waals surface area contributed by atoms with Crippen LogP contribution < -0.4 is 0 Å². The Hall–Kier alpha value is -0.140. The summed E-state index contributed by atoms with van der Waals surface area (Å²) in [5.74, 6) is -1.48. The van der Waals surface area contributed by atoms with E-state index in [2.05, 4.69) is 31.9 Å². The van der Waals surface area contributed by atoms with Gasteiger partial charge in [0.1, 0.15) is 11.6 Å². The molecule has 0 saturated carbocycles. The average Bonchev–Trinajstić information content (AvgIpc) is 2.29. The van der Waals surface area contributed by atoms with Crippen LogP contribution in [0.4, 0.5) is 17.6 Å². The van der Waals surface area contributed by atoms with Gasteiger partial charge < -0.3 is 0 Å². The number of benzene rings is 1. The van der Waals surface area contributed by atoms with E-state index >= 15 is 0 Å². The molecule has 0 unspecified atom stereocenters. The Kier molecular flexibility index (Phi) is 6.59. The molecule has 0 N–H and O–H groups in total. The molecule has 0 aromatic heterocycles. The fourth-order valence-electron chi connectivity index (χ4n) is 1.49. The second-order valence-electron chi connectivity index (χ2n) is 3.64. The lowest BCUT2D eigenvalue weighted by Crippen LogP contribution is -2.31. The standard InChI is InChI=1S/C11H11Br2F4N/c12-3-4-18(6-10(15)16)5-7-9(14)2-1-8(13)11(7)17/h1-2,10H,3-6H2. The summed E-state index contributed by atoms with van der Waals surface area (Å²) >= 11 is 6.06. The zero-order valence-corrected chi connectivity index (χ0v) is 12.4. The van der Waals surface area contributed by atoms with Crippen molar-refractivity contribution in [3.8, 4) is 0 Å². The van der Waals surface area contributed by atoms with E-state index in [-0.39, 0.29) is 23.1 Å². The van der Waals surface area contributed by atoms with Crippen molar-refractivity contribution in [1.82, 2.24) is 4.90 Å². The van der Waals surface area contributed by atoms with Crippen LogP contribution in [0.15, 0.2) is 16.6 Å². The molecule has 0 atom stereocenters. The summed E-state index contributed by atoms with van der Waals surface area (Å²) < 4.78 is 52.0. The fourth-order valence-corrected chi connectivity index (χ4v) is 2.36. The minimum Gasteiger partial charge on any atom is -0.292 e. The lowest BCUT2D eigenvalue weighted by atomic mass is 10.2. The van der Waals surface area contributed by atoms with Crippen molar-refractivity contribution in [1.29, 1.82) is 0 Å². The molecule has 1 rings (SSSR count). The second-order valence-corrected chi connectivity index (χ2v) is 5.28. The van der Waals surface area contributed by atoms with Crippen molar-refractivity contribution in [2.45, 2.75) is 13.0 Å². The van der Waals surface area contributed by atoms with Gasteiger partial charge in [-0.05, 0) is 28.1 Å². The lowest BCUT2D eigenvalue weighted by molar-refractivity contribution is 0.0870. The normalized spacial score (nSPS) is 11.6. The third-order valence-electron chi connectivity index (χ3n) is 2.32. The van der Waals surface area contributed by atoms with E-state index in [0.29, 0.717) is 5.33 Å². The average molecular weight is 393 g/mol. The van der Waals surface area contributed by atoms with E-state index in [1.807, 2.05) is 0 Å². The largest absolute Gasteiger partial charge is 0.292 e. The summed E-state index contributed by atoms with van der Waals surface area (Å²) in [6.07, 6.45) is -2.54. The monoisotopic (exact) mass is 391 g/mol. The first-order chi connectivity index (χ1) is 8.45. The molecular formula is C11H11Br2F4N. The Bertz CT molecular complexity index is 401. The van der Waals surface area contributed by atoms with Gasteiger partial charge in [0.05, 0.1) is 11.0 Å². The molecule has 0 radical (unpaired) electrons. The number of alkyl halides is 3. The summed E-state index contributed by atoms with van der Waals surface area (Å²) in [7, 11) is 0. The first-order valence-electron chi connectivity index (χ1n) is 5.14. The minimum atomic E-state index is -2.54. The van der Waals surface area contributed by atoms with Gasteiger partial charge >= 0.3 is 0 Å². The van der Waals surface area contributed by atoms with Gasteiger partial charge in [-0.15, -0.1) is 0 Å². The Morgan fingerprint density at radius 3 is 2.44 bits per heavy atom. The van der Waals surface area contributed by atoms with Crippen LogP contribution in [0.1, 0.15) is 5.56 Å². The molecule has 0 spiro atoms. The second kappa shape index (κ2) is 7.45.